The minimum Gasteiger partial charge on any atom is -0.478 e. The maximum atomic E-state index is 11.0. The van der Waals surface area contributed by atoms with E-state index in [1.54, 1.807) is 30.6 Å². The lowest BCUT2D eigenvalue weighted by Gasteiger charge is -2.05. The Hall–Kier alpha value is -2.33. The Labute approximate surface area is 120 Å². The molecule has 0 spiro atoms. The molecule has 0 aliphatic heterocycles. The molecule has 0 saturated carbocycles. The highest BCUT2D eigenvalue weighted by Crippen LogP contribution is 2.26. The van der Waals surface area contributed by atoms with Gasteiger partial charge in [-0.2, -0.15) is 0 Å². The molecule has 0 fully saturated rings. The van der Waals surface area contributed by atoms with E-state index < -0.39 is 5.97 Å². The number of aromatic carboxylic acids is 1. The first-order chi connectivity index (χ1) is 9.56. The predicted molar refractivity (Wildman–Crippen MR) is 77.8 cm³/mol. The van der Waals surface area contributed by atoms with Crippen LogP contribution in [0.25, 0.3) is 16.6 Å². The van der Waals surface area contributed by atoms with Gasteiger partial charge < -0.3 is 9.67 Å². The molecule has 1 aromatic carbocycles. The molecule has 100 valence electrons. The summed E-state index contributed by atoms with van der Waals surface area (Å²) < 4.78 is 1.95. The largest absolute Gasteiger partial charge is 0.478 e. The van der Waals surface area contributed by atoms with E-state index in [9.17, 15) is 4.79 Å². The Morgan fingerprint density at radius 3 is 2.80 bits per heavy atom. The maximum Gasteiger partial charge on any atom is 0.335 e. The van der Waals surface area contributed by atoms with Crippen molar-refractivity contribution in [1.29, 1.82) is 0 Å². The molecule has 4 nitrogen and oxygen atoms in total. The summed E-state index contributed by atoms with van der Waals surface area (Å²) in [4.78, 5) is 15.1. The van der Waals surface area contributed by atoms with Crippen LogP contribution in [0.15, 0.2) is 42.9 Å². The van der Waals surface area contributed by atoms with Crippen molar-refractivity contribution in [1.82, 2.24) is 9.55 Å². The van der Waals surface area contributed by atoms with Crippen LogP contribution in [0.2, 0.25) is 5.02 Å². The van der Waals surface area contributed by atoms with Gasteiger partial charge in [0.15, 0.2) is 0 Å². The molecule has 5 heteroatoms. The predicted octanol–water partition coefficient (Wildman–Crippen LogP) is 3.69. The summed E-state index contributed by atoms with van der Waals surface area (Å²) in [6.07, 6.45) is 5.24. The van der Waals surface area contributed by atoms with E-state index in [1.165, 1.54) is 0 Å². The van der Waals surface area contributed by atoms with Crippen molar-refractivity contribution < 1.29 is 9.90 Å². The van der Waals surface area contributed by atoms with Gasteiger partial charge in [0, 0.05) is 17.8 Å². The van der Waals surface area contributed by atoms with Crippen molar-refractivity contribution in [2.45, 2.75) is 6.92 Å². The molecule has 2 aromatic heterocycles. The van der Waals surface area contributed by atoms with E-state index >= 15 is 0 Å². The highest BCUT2D eigenvalue weighted by Gasteiger charge is 2.11. The van der Waals surface area contributed by atoms with Crippen LogP contribution in [-0.4, -0.2) is 20.6 Å². The van der Waals surface area contributed by atoms with Crippen LogP contribution in [0.3, 0.4) is 0 Å². The van der Waals surface area contributed by atoms with Gasteiger partial charge in [-0.3, -0.25) is 4.98 Å². The number of nitrogens with zero attached hydrogens (tertiary/aromatic N) is 2. The summed E-state index contributed by atoms with van der Waals surface area (Å²) in [5.41, 5.74) is 3.06. The molecule has 0 amide bonds. The van der Waals surface area contributed by atoms with E-state index in [2.05, 4.69) is 4.98 Å². The molecule has 0 radical (unpaired) electrons. The fourth-order valence-electron chi connectivity index (χ4n) is 2.27. The third-order valence-electron chi connectivity index (χ3n) is 3.22. The summed E-state index contributed by atoms with van der Waals surface area (Å²) in [5.74, 6) is -0.927. The zero-order valence-electron chi connectivity index (χ0n) is 10.7. The smallest absolute Gasteiger partial charge is 0.335 e. The summed E-state index contributed by atoms with van der Waals surface area (Å²) in [6, 6.07) is 6.89. The van der Waals surface area contributed by atoms with E-state index in [-0.39, 0.29) is 5.56 Å². The third-order valence-corrected chi connectivity index (χ3v) is 3.43. The number of rotatable bonds is 2. The topological polar surface area (TPSA) is 55.1 Å². The second-order valence-electron chi connectivity index (χ2n) is 4.58. The molecule has 0 saturated heterocycles. The first kappa shape index (κ1) is 12.7. The number of benzene rings is 1. The number of halogens is 1. The van der Waals surface area contributed by atoms with Gasteiger partial charge in [0.25, 0.3) is 0 Å². The molecule has 0 aliphatic carbocycles. The molecule has 0 bridgehead atoms. The fourth-order valence-corrected chi connectivity index (χ4v) is 2.44. The number of hydrogen-bond acceptors (Lipinski definition) is 2. The standard InChI is InChI=1S/C15H11ClN2O2/c1-9-8-18(12-5-11(16)6-17-7-12)14-3-2-10(15(19)20)4-13(9)14/h2-8H,1H3,(H,19,20). The number of carbonyl (C=O) groups is 1. The Bertz CT molecular complexity index is 824. The number of carboxylic acid groups (broad SMARTS) is 1. The van der Waals surface area contributed by atoms with E-state index in [0.29, 0.717) is 5.02 Å². The molecule has 0 atom stereocenters. The quantitative estimate of drug-likeness (QED) is 0.782. The monoisotopic (exact) mass is 286 g/mol. The second-order valence-corrected chi connectivity index (χ2v) is 5.02. The molecule has 3 rings (SSSR count). The van der Waals surface area contributed by atoms with Crippen molar-refractivity contribution in [3.05, 3.63) is 59.0 Å². The Balaban J connectivity index is 2.25. The number of carboxylic acids is 1. The van der Waals surface area contributed by atoms with Crippen LogP contribution < -0.4 is 0 Å². The minimum absolute atomic E-state index is 0.280. The van der Waals surface area contributed by atoms with Gasteiger partial charge in [-0.15, -0.1) is 0 Å². The number of fused-ring (bicyclic) bond motifs is 1. The van der Waals surface area contributed by atoms with Crippen LogP contribution in [0.5, 0.6) is 0 Å². The van der Waals surface area contributed by atoms with Gasteiger partial charge in [0.2, 0.25) is 0 Å². The molecule has 1 N–H and O–H groups in total. The lowest BCUT2D eigenvalue weighted by Crippen LogP contribution is -1.96. The van der Waals surface area contributed by atoms with Crippen LogP contribution in [-0.2, 0) is 0 Å². The van der Waals surface area contributed by atoms with Gasteiger partial charge in [-0.25, -0.2) is 4.79 Å². The first-order valence-corrected chi connectivity index (χ1v) is 6.40. The van der Waals surface area contributed by atoms with E-state index in [0.717, 1.165) is 22.2 Å². The summed E-state index contributed by atoms with van der Waals surface area (Å²) in [7, 11) is 0. The number of hydrogen-bond donors (Lipinski definition) is 1. The minimum atomic E-state index is -0.927. The molecule has 2 heterocycles. The highest BCUT2D eigenvalue weighted by molar-refractivity contribution is 6.30. The lowest BCUT2D eigenvalue weighted by molar-refractivity contribution is 0.0697. The molecule has 3 aromatic rings. The zero-order chi connectivity index (χ0) is 14.3. The van der Waals surface area contributed by atoms with Crippen molar-refractivity contribution in [2.24, 2.45) is 0 Å². The van der Waals surface area contributed by atoms with Crippen LogP contribution in [0.4, 0.5) is 0 Å². The SMILES string of the molecule is Cc1cn(-c2cncc(Cl)c2)c2ccc(C(=O)O)cc12. The first-order valence-electron chi connectivity index (χ1n) is 6.02. The molecule has 0 aliphatic rings. The number of pyridine rings is 1. The Morgan fingerprint density at radius 2 is 2.10 bits per heavy atom. The highest BCUT2D eigenvalue weighted by atomic mass is 35.5. The number of aryl methyl sites for hydroxylation is 1. The van der Waals surface area contributed by atoms with Gasteiger partial charge >= 0.3 is 5.97 Å². The maximum absolute atomic E-state index is 11.0. The fraction of sp³-hybridized carbons (Fsp3) is 0.0667. The third kappa shape index (κ3) is 2.04. The van der Waals surface area contributed by atoms with Crippen molar-refractivity contribution >= 4 is 28.5 Å². The van der Waals surface area contributed by atoms with Crippen molar-refractivity contribution in [3.8, 4) is 5.69 Å². The molecular weight excluding hydrogens is 276 g/mol. The zero-order valence-corrected chi connectivity index (χ0v) is 11.4. The van der Waals surface area contributed by atoms with Gasteiger partial charge in [-0.05, 0) is 36.8 Å². The molecule has 20 heavy (non-hydrogen) atoms. The van der Waals surface area contributed by atoms with Gasteiger partial charge in [0.05, 0.1) is 28.0 Å². The summed E-state index contributed by atoms with van der Waals surface area (Å²) >= 11 is 5.97. The van der Waals surface area contributed by atoms with Crippen LogP contribution in [0, 0.1) is 6.92 Å². The molecular formula is C15H11ClN2O2. The van der Waals surface area contributed by atoms with Gasteiger partial charge in [0.1, 0.15) is 0 Å². The second kappa shape index (κ2) is 4.65. The average Bonchev–Trinajstić information content (AvgIpc) is 2.76. The van der Waals surface area contributed by atoms with E-state index in [1.807, 2.05) is 23.8 Å². The van der Waals surface area contributed by atoms with Crippen LogP contribution in [0.1, 0.15) is 15.9 Å². The lowest BCUT2D eigenvalue weighted by atomic mass is 10.1. The summed E-state index contributed by atoms with van der Waals surface area (Å²) in [5, 5.41) is 10.5. The van der Waals surface area contributed by atoms with Crippen molar-refractivity contribution in [3.63, 3.8) is 0 Å². The van der Waals surface area contributed by atoms with E-state index in [4.69, 9.17) is 16.7 Å². The normalized spacial score (nSPS) is 10.9. The number of aromatic nitrogens is 2. The Morgan fingerprint density at radius 1 is 1.30 bits per heavy atom. The molecule has 0 unspecified atom stereocenters. The Kier molecular flexibility index (Phi) is 2.95. The van der Waals surface area contributed by atoms with Gasteiger partial charge in [-0.1, -0.05) is 11.6 Å². The van der Waals surface area contributed by atoms with Crippen LogP contribution >= 0.6 is 11.6 Å². The average molecular weight is 287 g/mol. The summed E-state index contributed by atoms with van der Waals surface area (Å²) in [6.45, 7) is 1.95. The van der Waals surface area contributed by atoms with Crippen molar-refractivity contribution in [2.75, 3.05) is 0 Å².